The number of carbonyl (C=O) groups excluding carboxylic acids is 7. The number of hydrogen-bond acceptors (Lipinski definition) is 14. The average molecular weight is 1010 g/mol. The fourth-order valence-electron chi connectivity index (χ4n) is 9.42. The highest BCUT2D eigenvalue weighted by molar-refractivity contribution is 5.95. The molecular formula is C51H62FN9O12. The number of pyridine rings is 2. The highest BCUT2D eigenvalue weighted by Crippen LogP contribution is 2.46. The summed E-state index contributed by atoms with van der Waals surface area (Å²) in [7, 11) is 0. The zero-order valence-electron chi connectivity index (χ0n) is 41.5. The molecule has 3 aliphatic rings. The summed E-state index contributed by atoms with van der Waals surface area (Å²) in [6.45, 7) is 7.19. The summed E-state index contributed by atoms with van der Waals surface area (Å²) in [4.78, 5) is 110. The van der Waals surface area contributed by atoms with Gasteiger partial charge in [0.05, 0.1) is 54.8 Å². The van der Waals surface area contributed by atoms with Crippen LogP contribution in [0, 0.1) is 12.7 Å². The Kier molecular flexibility index (Phi) is 16.6. The summed E-state index contributed by atoms with van der Waals surface area (Å²) in [5.41, 5.74) is 1.44. The monoisotopic (exact) mass is 1010 g/mol. The van der Waals surface area contributed by atoms with Crippen molar-refractivity contribution in [3.8, 4) is 11.4 Å². The van der Waals surface area contributed by atoms with Crippen LogP contribution in [-0.2, 0) is 69.8 Å². The van der Waals surface area contributed by atoms with Crippen LogP contribution in [0.4, 0.5) is 9.18 Å². The van der Waals surface area contributed by atoms with Crippen LogP contribution in [0.25, 0.3) is 22.3 Å². The highest BCUT2D eigenvalue weighted by atomic mass is 19.1. The minimum atomic E-state index is -2.04. The Labute approximate surface area is 420 Å². The van der Waals surface area contributed by atoms with E-state index in [1.54, 1.807) is 75.9 Å². The van der Waals surface area contributed by atoms with Crippen molar-refractivity contribution in [1.29, 1.82) is 0 Å². The molecule has 73 heavy (non-hydrogen) atoms. The number of fused-ring (bicyclic) bond motifs is 5. The van der Waals surface area contributed by atoms with Crippen LogP contribution in [0.5, 0.6) is 0 Å². The fourth-order valence-corrected chi connectivity index (χ4v) is 9.42. The van der Waals surface area contributed by atoms with Crippen LogP contribution in [-0.4, -0.2) is 130 Å². The number of aliphatic hydroxyl groups excluding tert-OH is 1. The largest absolute Gasteiger partial charge is 0.458 e. The predicted octanol–water partition coefficient (Wildman–Crippen LogP) is 0.916. The number of aliphatic hydroxyl groups is 2. The topological polar surface area (TPSA) is 289 Å². The average Bonchev–Trinajstić information content (AvgIpc) is 3.72. The van der Waals surface area contributed by atoms with E-state index >= 15 is 4.39 Å². The standard InChI is InChI=1S/C51H62FN9O12/c1-6-51(71)33-21-38-45-31(26-61(38)47(68)32(33)27-72-48(51)69)44-35(13-12-30-28(2)34(52)22-36(59-45)43(30)44)57-39(63)14-16-60(18-19-62)17-15-53-40(64)23-55-46(67)37(20-29-10-8-7-9-11-29)58-42(66)25-54-41(65)24-56-49(70)73-50(3,4)5/h7-11,21-22,35,37,62,71H,6,12-20,23-27H2,1-5H3,(H,53,64)(H,54,65)(H,55,67)(H,56,70)(H,57,63)(H,58,66)/t35-,37-,51-/m0/s1. The van der Waals surface area contributed by atoms with Gasteiger partial charge >= 0.3 is 12.1 Å². The molecule has 2 aliphatic heterocycles. The number of esters is 1. The first-order chi connectivity index (χ1) is 34.7. The molecule has 4 aromatic rings. The summed E-state index contributed by atoms with van der Waals surface area (Å²) in [5.74, 6) is -4.17. The van der Waals surface area contributed by atoms with Gasteiger partial charge < -0.3 is 56.2 Å². The number of aryl methyl sites for hydroxylation is 1. The van der Waals surface area contributed by atoms with E-state index in [0.29, 0.717) is 51.8 Å². The molecule has 390 valence electrons. The number of halogens is 1. The quantitative estimate of drug-likeness (QED) is 0.0504. The number of nitrogens with one attached hydrogen (secondary N) is 6. The Bertz CT molecular complexity index is 2890. The zero-order chi connectivity index (χ0) is 52.8. The molecule has 0 bridgehead atoms. The summed E-state index contributed by atoms with van der Waals surface area (Å²) in [6.07, 6.45) is 0.0982. The molecule has 3 atom stereocenters. The summed E-state index contributed by atoms with van der Waals surface area (Å²) in [6, 6.07) is 10.1. The van der Waals surface area contributed by atoms with Crippen molar-refractivity contribution in [1.82, 2.24) is 46.4 Å². The first kappa shape index (κ1) is 53.5. The molecule has 0 unspecified atom stereocenters. The molecule has 2 aromatic heterocycles. The molecule has 2 aromatic carbocycles. The molecule has 6 amide bonds. The Morgan fingerprint density at radius 1 is 0.932 bits per heavy atom. The van der Waals surface area contributed by atoms with Crippen LogP contribution in [0.1, 0.15) is 91.9 Å². The number of ether oxygens (including phenoxy) is 2. The Hall–Kier alpha value is -7.30. The molecule has 22 heteroatoms. The van der Waals surface area contributed by atoms with Gasteiger partial charge in [-0.15, -0.1) is 0 Å². The molecule has 21 nitrogen and oxygen atoms in total. The number of nitrogens with zero attached hydrogens (tertiary/aromatic N) is 3. The predicted molar refractivity (Wildman–Crippen MR) is 262 cm³/mol. The molecule has 4 heterocycles. The summed E-state index contributed by atoms with van der Waals surface area (Å²) < 4.78 is 27.2. The lowest BCUT2D eigenvalue weighted by atomic mass is 9.81. The maximum Gasteiger partial charge on any atom is 0.408 e. The molecule has 8 N–H and O–H groups in total. The third-order valence-corrected chi connectivity index (χ3v) is 13.1. The fraction of sp³-hybridized carbons (Fsp3) is 0.471. The van der Waals surface area contributed by atoms with Crippen molar-refractivity contribution < 1.29 is 57.6 Å². The second kappa shape index (κ2) is 22.6. The van der Waals surface area contributed by atoms with E-state index in [9.17, 15) is 48.6 Å². The van der Waals surface area contributed by atoms with Gasteiger partial charge in [0.1, 0.15) is 30.6 Å². The Balaban J connectivity index is 0.940. The van der Waals surface area contributed by atoms with Gasteiger partial charge in [-0.3, -0.25) is 33.7 Å². The van der Waals surface area contributed by atoms with E-state index in [1.807, 2.05) is 0 Å². The molecule has 7 rings (SSSR count). The minimum absolute atomic E-state index is 0.00340. The number of rotatable bonds is 20. The third kappa shape index (κ3) is 12.3. The van der Waals surface area contributed by atoms with Crippen LogP contribution >= 0.6 is 0 Å². The molecule has 0 spiro atoms. The smallest absolute Gasteiger partial charge is 0.408 e. The van der Waals surface area contributed by atoms with E-state index in [2.05, 4.69) is 31.9 Å². The maximum absolute atomic E-state index is 15.4. The minimum Gasteiger partial charge on any atom is -0.458 e. The van der Waals surface area contributed by atoms with E-state index in [4.69, 9.17) is 14.5 Å². The van der Waals surface area contributed by atoms with Crippen molar-refractivity contribution in [2.24, 2.45) is 0 Å². The van der Waals surface area contributed by atoms with Crippen molar-refractivity contribution in [3.05, 3.63) is 97.6 Å². The second-order valence-electron chi connectivity index (χ2n) is 19.3. The Morgan fingerprint density at radius 2 is 1.64 bits per heavy atom. The second-order valence-corrected chi connectivity index (χ2v) is 19.3. The lowest BCUT2D eigenvalue weighted by molar-refractivity contribution is -0.172. The van der Waals surface area contributed by atoms with E-state index in [-0.39, 0.29) is 82.2 Å². The number of benzene rings is 2. The van der Waals surface area contributed by atoms with Crippen LogP contribution in [0.15, 0.2) is 47.3 Å². The SMILES string of the molecule is CC[C@@]1(O)C(=O)OCc2c1cc1n(c2=O)Cc2c-1nc1cc(F)c(C)c3c1c2[C@@H](NC(=O)CCN(CCO)CCNC(=O)CNC(=O)[C@H](Cc1ccccc1)NC(=O)CNC(=O)CNC(=O)OC(C)(C)C)CC3. The highest BCUT2D eigenvalue weighted by Gasteiger charge is 2.46. The molecule has 0 radical (unpaired) electrons. The van der Waals surface area contributed by atoms with Crippen molar-refractivity contribution in [2.45, 2.75) is 103 Å². The number of alkyl carbamates (subject to hydrolysis) is 1. The Morgan fingerprint density at radius 3 is 2.36 bits per heavy atom. The van der Waals surface area contributed by atoms with Crippen molar-refractivity contribution in [3.63, 3.8) is 0 Å². The molecule has 1 aliphatic carbocycles. The lowest BCUT2D eigenvalue weighted by Gasteiger charge is -2.31. The van der Waals surface area contributed by atoms with E-state index in [0.717, 1.165) is 11.1 Å². The van der Waals surface area contributed by atoms with Crippen LogP contribution in [0.3, 0.4) is 0 Å². The van der Waals surface area contributed by atoms with E-state index < -0.39 is 90.0 Å². The van der Waals surface area contributed by atoms with Gasteiger partial charge in [-0.05, 0) is 75.3 Å². The van der Waals surface area contributed by atoms with Crippen LogP contribution < -0.4 is 37.5 Å². The number of aromatic nitrogens is 2. The van der Waals surface area contributed by atoms with Gasteiger partial charge in [0, 0.05) is 61.6 Å². The lowest BCUT2D eigenvalue weighted by Crippen LogP contribution is -2.52. The van der Waals surface area contributed by atoms with Gasteiger partial charge in [-0.1, -0.05) is 37.3 Å². The molecular weight excluding hydrogens is 950 g/mol. The van der Waals surface area contributed by atoms with E-state index in [1.165, 1.54) is 10.6 Å². The first-order valence-electron chi connectivity index (χ1n) is 24.3. The molecule has 0 saturated carbocycles. The maximum atomic E-state index is 15.4. The molecule has 0 fully saturated rings. The van der Waals surface area contributed by atoms with Gasteiger partial charge in [0.2, 0.25) is 29.5 Å². The van der Waals surface area contributed by atoms with Crippen molar-refractivity contribution in [2.75, 3.05) is 52.4 Å². The van der Waals surface area contributed by atoms with Gasteiger partial charge in [-0.2, -0.15) is 0 Å². The number of amides is 6. The summed E-state index contributed by atoms with van der Waals surface area (Å²) in [5, 5.41) is 37.6. The van der Waals surface area contributed by atoms with Crippen molar-refractivity contribution >= 4 is 52.5 Å². The zero-order valence-corrected chi connectivity index (χ0v) is 41.5. The van der Waals surface area contributed by atoms with Gasteiger partial charge in [0.15, 0.2) is 5.60 Å². The number of cyclic esters (lactones) is 1. The third-order valence-electron chi connectivity index (χ3n) is 13.1. The van der Waals surface area contributed by atoms with Gasteiger partial charge in [0.25, 0.3) is 5.56 Å². The van der Waals surface area contributed by atoms with Crippen LogP contribution in [0.2, 0.25) is 0 Å². The normalized spacial score (nSPS) is 16.8. The molecule has 0 saturated heterocycles. The number of carbonyl (C=O) groups is 7. The first-order valence-corrected chi connectivity index (χ1v) is 24.3. The van der Waals surface area contributed by atoms with Gasteiger partial charge in [-0.25, -0.2) is 19.0 Å². The number of hydrogen-bond donors (Lipinski definition) is 8. The summed E-state index contributed by atoms with van der Waals surface area (Å²) >= 11 is 0.